The molecule has 0 bridgehead atoms. The van der Waals surface area contributed by atoms with Gasteiger partial charge in [0, 0.05) is 10.7 Å². The van der Waals surface area contributed by atoms with Crippen LogP contribution in [0.25, 0.3) is 5.57 Å². The Morgan fingerprint density at radius 1 is 1.00 bits per heavy atom. The van der Waals surface area contributed by atoms with E-state index in [2.05, 4.69) is 5.32 Å². The Kier molecular flexibility index (Phi) is 4.75. The Hall–Kier alpha value is -3.31. The van der Waals surface area contributed by atoms with Crippen LogP contribution in [0, 0.1) is 6.92 Å². The van der Waals surface area contributed by atoms with Gasteiger partial charge >= 0.3 is 0 Å². The molecule has 3 aromatic rings. The van der Waals surface area contributed by atoms with Crippen LogP contribution in [-0.2, 0) is 16.1 Å². The lowest BCUT2D eigenvalue weighted by atomic mass is 10.0. The van der Waals surface area contributed by atoms with Crippen molar-refractivity contribution in [1.82, 2.24) is 4.90 Å². The molecule has 0 spiro atoms. The van der Waals surface area contributed by atoms with Crippen LogP contribution in [-0.4, -0.2) is 16.7 Å². The normalized spacial score (nSPS) is 14.1. The molecule has 4 rings (SSSR count). The van der Waals surface area contributed by atoms with Crippen molar-refractivity contribution >= 4 is 34.7 Å². The summed E-state index contributed by atoms with van der Waals surface area (Å²) in [6, 6.07) is 17.9. The molecule has 28 heavy (non-hydrogen) atoms. The molecule has 1 N–H and O–H groups in total. The van der Waals surface area contributed by atoms with Gasteiger partial charge in [-0.05, 0) is 54.4 Å². The second-order valence-electron chi connectivity index (χ2n) is 6.53. The zero-order chi connectivity index (χ0) is 19.7. The highest BCUT2D eigenvalue weighted by molar-refractivity contribution is 6.36. The fourth-order valence-electron chi connectivity index (χ4n) is 3.15. The average molecular weight is 393 g/mol. The third-order valence-corrected chi connectivity index (χ3v) is 4.73. The molecule has 5 nitrogen and oxygen atoms in total. The van der Waals surface area contributed by atoms with E-state index in [9.17, 15) is 9.59 Å². The van der Waals surface area contributed by atoms with Crippen molar-refractivity contribution < 1.29 is 14.0 Å². The fraction of sp³-hybridized carbons (Fsp3) is 0.0909. The number of imide groups is 1. The number of amides is 2. The highest BCUT2D eigenvalue weighted by Crippen LogP contribution is 2.32. The lowest BCUT2D eigenvalue weighted by Crippen LogP contribution is -2.31. The van der Waals surface area contributed by atoms with Gasteiger partial charge in [0.15, 0.2) is 0 Å². The number of halogens is 1. The summed E-state index contributed by atoms with van der Waals surface area (Å²) in [6.45, 7) is 2.03. The summed E-state index contributed by atoms with van der Waals surface area (Å²) in [6.07, 6.45) is 1.51. The van der Waals surface area contributed by atoms with Crippen LogP contribution in [0.5, 0.6) is 0 Å². The summed E-state index contributed by atoms with van der Waals surface area (Å²) in [5, 5.41) is 3.70. The molecule has 0 saturated heterocycles. The van der Waals surface area contributed by atoms with E-state index < -0.39 is 5.91 Å². The SMILES string of the molecule is Cc1cccc(NC2=C(c3ccc(Cl)cc3)C(=O)N(Cc3ccco3)C2=O)c1. The predicted octanol–water partition coefficient (Wildman–Crippen LogP) is 4.63. The standard InChI is InChI=1S/C22H17ClN2O3/c1-14-4-2-5-17(12-14)24-20-19(15-7-9-16(23)10-8-15)21(26)25(22(20)27)13-18-6-3-11-28-18/h2-12,24H,13H2,1H3. The minimum Gasteiger partial charge on any atom is -0.467 e. The Bertz CT molecular complexity index is 1070. The van der Waals surface area contributed by atoms with Crippen LogP contribution in [0.1, 0.15) is 16.9 Å². The third kappa shape index (κ3) is 3.44. The molecule has 2 heterocycles. The van der Waals surface area contributed by atoms with Crippen LogP contribution in [0.4, 0.5) is 5.69 Å². The quantitative estimate of drug-likeness (QED) is 0.643. The van der Waals surface area contributed by atoms with Crippen LogP contribution >= 0.6 is 11.6 Å². The lowest BCUT2D eigenvalue weighted by molar-refractivity contribution is -0.137. The first-order valence-electron chi connectivity index (χ1n) is 8.75. The predicted molar refractivity (Wildman–Crippen MR) is 107 cm³/mol. The molecule has 0 unspecified atom stereocenters. The summed E-state index contributed by atoms with van der Waals surface area (Å²) in [4.78, 5) is 27.4. The number of nitrogens with one attached hydrogen (secondary N) is 1. The van der Waals surface area contributed by atoms with Crippen LogP contribution < -0.4 is 5.32 Å². The second kappa shape index (κ2) is 7.37. The first kappa shape index (κ1) is 18.1. The van der Waals surface area contributed by atoms with Gasteiger partial charge in [0.25, 0.3) is 11.8 Å². The highest BCUT2D eigenvalue weighted by Gasteiger charge is 2.39. The Morgan fingerprint density at radius 2 is 1.79 bits per heavy atom. The number of rotatable bonds is 5. The maximum atomic E-state index is 13.1. The van der Waals surface area contributed by atoms with Gasteiger partial charge < -0.3 is 9.73 Å². The summed E-state index contributed by atoms with van der Waals surface area (Å²) in [5.41, 5.74) is 2.96. The largest absolute Gasteiger partial charge is 0.467 e. The molecular weight excluding hydrogens is 376 g/mol. The number of benzene rings is 2. The van der Waals surface area contributed by atoms with E-state index in [-0.39, 0.29) is 18.1 Å². The number of anilines is 1. The minimum absolute atomic E-state index is 0.0702. The van der Waals surface area contributed by atoms with Gasteiger partial charge in [0.2, 0.25) is 0 Å². The van der Waals surface area contributed by atoms with E-state index in [0.29, 0.717) is 21.9 Å². The first-order chi connectivity index (χ1) is 13.5. The first-order valence-corrected chi connectivity index (χ1v) is 9.13. The lowest BCUT2D eigenvalue weighted by Gasteiger charge is -2.13. The molecular formula is C22H17ClN2O3. The fourth-order valence-corrected chi connectivity index (χ4v) is 3.27. The van der Waals surface area contributed by atoms with Gasteiger partial charge in [0.1, 0.15) is 11.5 Å². The van der Waals surface area contributed by atoms with Crippen LogP contribution in [0.3, 0.4) is 0 Å². The monoisotopic (exact) mass is 392 g/mol. The molecule has 140 valence electrons. The molecule has 6 heteroatoms. The maximum absolute atomic E-state index is 13.1. The smallest absolute Gasteiger partial charge is 0.278 e. The molecule has 0 fully saturated rings. The van der Waals surface area contributed by atoms with Crippen molar-refractivity contribution in [3.05, 3.63) is 94.5 Å². The van der Waals surface area contributed by atoms with Crippen molar-refractivity contribution in [2.45, 2.75) is 13.5 Å². The number of hydrogen-bond acceptors (Lipinski definition) is 4. The molecule has 2 aromatic carbocycles. The van der Waals surface area contributed by atoms with Crippen molar-refractivity contribution in [2.24, 2.45) is 0 Å². The molecule has 1 aliphatic rings. The topological polar surface area (TPSA) is 62.6 Å². The summed E-state index contributed by atoms with van der Waals surface area (Å²) in [5.74, 6) is -0.235. The van der Waals surface area contributed by atoms with Gasteiger partial charge in [-0.3, -0.25) is 14.5 Å². The van der Waals surface area contributed by atoms with Gasteiger partial charge in [-0.25, -0.2) is 0 Å². The zero-order valence-electron chi connectivity index (χ0n) is 15.1. The summed E-state index contributed by atoms with van der Waals surface area (Å²) < 4.78 is 5.32. The van der Waals surface area contributed by atoms with E-state index in [4.69, 9.17) is 16.0 Å². The number of nitrogens with zero attached hydrogens (tertiary/aromatic N) is 1. The number of hydrogen-bond donors (Lipinski definition) is 1. The average Bonchev–Trinajstić information content (AvgIpc) is 3.26. The van der Waals surface area contributed by atoms with Crippen molar-refractivity contribution in [3.63, 3.8) is 0 Å². The van der Waals surface area contributed by atoms with Crippen LogP contribution in [0.15, 0.2) is 77.0 Å². The van der Waals surface area contributed by atoms with Gasteiger partial charge in [-0.2, -0.15) is 0 Å². The van der Waals surface area contributed by atoms with E-state index in [1.54, 1.807) is 36.4 Å². The van der Waals surface area contributed by atoms with Crippen molar-refractivity contribution in [1.29, 1.82) is 0 Å². The number of carbonyl (C=O) groups excluding carboxylic acids is 2. The van der Waals surface area contributed by atoms with E-state index in [0.717, 1.165) is 11.3 Å². The van der Waals surface area contributed by atoms with Crippen molar-refractivity contribution in [3.8, 4) is 0 Å². The Balaban J connectivity index is 1.76. The summed E-state index contributed by atoms with van der Waals surface area (Å²) in [7, 11) is 0. The molecule has 1 aliphatic heterocycles. The van der Waals surface area contributed by atoms with Crippen molar-refractivity contribution in [2.75, 3.05) is 5.32 Å². The van der Waals surface area contributed by atoms with E-state index in [1.165, 1.54) is 11.2 Å². The number of furan rings is 1. The van der Waals surface area contributed by atoms with E-state index in [1.807, 2.05) is 31.2 Å². The summed E-state index contributed by atoms with van der Waals surface area (Å²) >= 11 is 5.98. The molecule has 0 saturated carbocycles. The van der Waals surface area contributed by atoms with E-state index >= 15 is 0 Å². The van der Waals surface area contributed by atoms with Gasteiger partial charge in [-0.15, -0.1) is 0 Å². The molecule has 0 aliphatic carbocycles. The zero-order valence-corrected chi connectivity index (χ0v) is 15.9. The molecule has 1 aromatic heterocycles. The Morgan fingerprint density at radius 3 is 2.46 bits per heavy atom. The van der Waals surface area contributed by atoms with Crippen LogP contribution in [0.2, 0.25) is 5.02 Å². The molecule has 0 radical (unpaired) electrons. The third-order valence-electron chi connectivity index (χ3n) is 4.48. The minimum atomic E-state index is -0.396. The van der Waals surface area contributed by atoms with Gasteiger partial charge in [-0.1, -0.05) is 35.9 Å². The Labute approximate surface area is 167 Å². The molecule has 0 atom stereocenters. The number of aryl methyl sites for hydroxylation is 1. The molecule has 2 amide bonds. The highest BCUT2D eigenvalue weighted by atomic mass is 35.5. The van der Waals surface area contributed by atoms with Gasteiger partial charge in [0.05, 0.1) is 18.4 Å². The number of carbonyl (C=O) groups is 2. The maximum Gasteiger partial charge on any atom is 0.278 e. The second-order valence-corrected chi connectivity index (χ2v) is 6.96.